The van der Waals surface area contributed by atoms with Gasteiger partial charge < -0.3 is 10.2 Å². The SMILES string of the molecule is C=C(c1ccccc1)c1c(C(=O)O)ccc(C)c1C(=O)O. The topological polar surface area (TPSA) is 74.6 Å². The molecule has 0 aliphatic carbocycles. The van der Waals surface area contributed by atoms with Crippen molar-refractivity contribution in [1.29, 1.82) is 0 Å². The fraction of sp³-hybridized carbons (Fsp3) is 0.0588. The zero-order chi connectivity index (χ0) is 15.6. The molecule has 2 aromatic carbocycles. The van der Waals surface area contributed by atoms with Crippen molar-refractivity contribution in [3.05, 3.63) is 76.9 Å². The Hall–Kier alpha value is -2.88. The number of rotatable bonds is 4. The van der Waals surface area contributed by atoms with Gasteiger partial charge in [-0.05, 0) is 29.7 Å². The maximum Gasteiger partial charge on any atom is 0.336 e. The molecule has 21 heavy (non-hydrogen) atoms. The molecule has 0 unspecified atom stereocenters. The summed E-state index contributed by atoms with van der Waals surface area (Å²) in [6.07, 6.45) is 0. The maximum absolute atomic E-state index is 11.5. The van der Waals surface area contributed by atoms with Crippen LogP contribution in [-0.4, -0.2) is 22.2 Å². The molecular weight excluding hydrogens is 268 g/mol. The summed E-state index contributed by atoms with van der Waals surface area (Å²) in [6.45, 7) is 5.53. The Morgan fingerprint density at radius 2 is 1.52 bits per heavy atom. The molecule has 4 heteroatoms. The van der Waals surface area contributed by atoms with Crippen LogP contribution in [0.3, 0.4) is 0 Å². The van der Waals surface area contributed by atoms with Crippen LogP contribution in [0.25, 0.3) is 5.57 Å². The first-order chi connectivity index (χ1) is 9.93. The van der Waals surface area contributed by atoms with Crippen LogP contribution < -0.4 is 0 Å². The van der Waals surface area contributed by atoms with Gasteiger partial charge in [-0.15, -0.1) is 0 Å². The molecule has 0 saturated heterocycles. The summed E-state index contributed by atoms with van der Waals surface area (Å²) in [5.41, 5.74) is 1.64. The number of carbonyl (C=O) groups is 2. The summed E-state index contributed by atoms with van der Waals surface area (Å²) >= 11 is 0. The molecule has 106 valence electrons. The molecule has 0 amide bonds. The Morgan fingerprint density at radius 1 is 0.905 bits per heavy atom. The molecule has 0 radical (unpaired) electrons. The number of aryl methyl sites for hydroxylation is 1. The average Bonchev–Trinajstić information content (AvgIpc) is 2.46. The van der Waals surface area contributed by atoms with Gasteiger partial charge in [-0.1, -0.05) is 43.0 Å². The lowest BCUT2D eigenvalue weighted by Crippen LogP contribution is -2.11. The van der Waals surface area contributed by atoms with Gasteiger partial charge in [-0.3, -0.25) is 0 Å². The van der Waals surface area contributed by atoms with E-state index in [4.69, 9.17) is 0 Å². The second-order valence-corrected chi connectivity index (χ2v) is 4.63. The van der Waals surface area contributed by atoms with Crippen molar-refractivity contribution < 1.29 is 19.8 Å². The fourth-order valence-corrected chi connectivity index (χ4v) is 2.26. The number of aromatic carboxylic acids is 2. The second kappa shape index (κ2) is 5.63. The lowest BCUT2D eigenvalue weighted by Gasteiger charge is -2.15. The van der Waals surface area contributed by atoms with Gasteiger partial charge in [0.05, 0.1) is 11.1 Å². The molecule has 2 aromatic rings. The van der Waals surface area contributed by atoms with Crippen LogP contribution in [0.2, 0.25) is 0 Å². The van der Waals surface area contributed by atoms with E-state index in [0.29, 0.717) is 16.7 Å². The molecule has 0 saturated carbocycles. The van der Waals surface area contributed by atoms with E-state index in [2.05, 4.69) is 6.58 Å². The Balaban J connectivity index is 2.76. The van der Waals surface area contributed by atoms with Gasteiger partial charge in [0.15, 0.2) is 0 Å². The molecule has 0 aliphatic rings. The summed E-state index contributed by atoms with van der Waals surface area (Å²) in [7, 11) is 0. The van der Waals surface area contributed by atoms with E-state index in [1.54, 1.807) is 31.2 Å². The number of hydrogen-bond donors (Lipinski definition) is 2. The number of benzene rings is 2. The molecule has 4 nitrogen and oxygen atoms in total. The molecular formula is C17H14O4. The van der Waals surface area contributed by atoms with E-state index in [1.165, 1.54) is 12.1 Å². The van der Waals surface area contributed by atoms with E-state index in [0.717, 1.165) is 0 Å². The zero-order valence-electron chi connectivity index (χ0n) is 11.5. The van der Waals surface area contributed by atoms with Crippen LogP contribution in [0.15, 0.2) is 49.0 Å². The van der Waals surface area contributed by atoms with Crippen LogP contribution in [0.5, 0.6) is 0 Å². The van der Waals surface area contributed by atoms with E-state index < -0.39 is 11.9 Å². The third-order valence-corrected chi connectivity index (χ3v) is 3.28. The highest BCUT2D eigenvalue weighted by Crippen LogP contribution is 2.30. The van der Waals surface area contributed by atoms with Crippen molar-refractivity contribution in [2.24, 2.45) is 0 Å². The van der Waals surface area contributed by atoms with Crippen molar-refractivity contribution in [2.75, 3.05) is 0 Å². The van der Waals surface area contributed by atoms with Crippen LogP contribution in [0.4, 0.5) is 0 Å². The van der Waals surface area contributed by atoms with Crippen LogP contribution in [-0.2, 0) is 0 Å². The van der Waals surface area contributed by atoms with Crippen molar-refractivity contribution in [3.63, 3.8) is 0 Å². The smallest absolute Gasteiger partial charge is 0.336 e. The van der Waals surface area contributed by atoms with E-state index in [1.807, 2.05) is 6.07 Å². The van der Waals surface area contributed by atoms with Crippen LogP contribution >= 0.6 is 0 Å². The van der Waals surface area contributed by atoms with Gasteiger partial charge in [0.1, 0.15) is 0 Å². The summed E-state index contributed by atoms with van der Waals surface area (Å²) in [5.74, 6) is -2.34. The average molecular weight is 282 g/mol. The number of carboxylic acids is 2. The highest BCUT2D eigenvalue weighted by Gasteiger charge is 2.23. The molecule has 0 fully saturated rings. The second-order valence-electron chi connectivity index (χ2n) is 4.63. The first-order valence-corrected chi connectivity index (χ1v) is 6.28. The molecule has 0 heterocycles. The zero-order valence-corrected chi connectivity index (χ0v) is 11.5. The maximum atomic E-state index is 11.5. The molecule has 2 rings (SSSR count). The van der Waals surface area contributed by atoms with Gasteiger partial charge in [0.2, 0.25) is 0 Å². The molecule has 0 bridgehead atoms. The molecule has 0 spiro atoms. The Labute approximate surface area is 122 Å². The quantitative estimate of drug-likeness (QED) is 0.900. The third-order valence-electron chi connectivity index (χ3n) is 3.28. The van der Waals surface area contributed by atoms with Gasteiger partial charge in [0.25, 0.3) is 0 Å². The standard InChI is InChI=1S/C17H14O4/c1-10-8-9-13(16(18)19)15(14(10)17(20)21)11(2)12-6-4-3-5-7-12/h3-9H,2H2,1H3,(H,18,19)(H,20,21). The van der Waals surface area contributed by atoms with Crippen molar-refractivity contribution in [1.82, 2.24) is 0 Å². The van der Waals surface area contributed by atoms with Gasteiger partial charge in [-0.2, -0.15) is 0 Å². The highest BCUT2D eigenvalue weighted by atomic mass is 16.4. The molecule has 0 aromatic heterocycles. The highest BCUT2D eigenvalue weighted by molar-refractivity contribution is 6.05. The van der Waals surface area contributed by atoms with Crippen molar-refractivity contribution >= 4 is 17.5 Å². The minimum atomic E-state index is -1.18. The Bertz CT molecular complexity index is 730. The summed E-state index contributed by atoms with van der Waals surface area (Å²) in [6, 6.07) is 11.8. The van der Waals surface area contributed by atoms with Gasteiger partial charge in [-0.25, -0.2) is 9.59 Å². The Morgan fingerprint density at radius 3 is 2.05 bits per heavy atom. The minimum absolute atomic E-state index is 0.0243. The normalized spacial score (nSPS) is 10.1. The molecule has 2 N–H and O–H groups in total. The van der Waals surface area contributed by atoms with E-state index >= 15 is 0 Å². The van der Waals surface area contributed by atoms with Crippen molar-refractivity contribution in [3.8, 4) is 0 Å². The minimum Gasteiger partial charge on any atom is -0.478 e. The van der Waals surface area contributed by atoms with Crippen LogP contribution in [0.1, 0.15) is 37.4 Å². The summed E-state index contributed by atoms with van der Waals surface area (Å²) in [5, 5.41) is 18.7. The molecule has 0 atom stereocenters. The van der Waals surface area contributed by atoms with E-state index in [-0.39, 0.29) is 16.7 Å². The van der Waals surface area contributed by atoms with Crippen LogP contribution in [0, 0.1) is 6.92 Å². The predicted octanol–water partition coefficient (Wildman–Crippen LogP) is 3.45. The lowest BCUT2D eigenvalue weighted by molar-refractivity contribution is 0.0695. The fourth-order valence-electron chi connectivity index (χ4n) is 2.26. The largest absolute Gasteiger partial charge is 0.478 e. The van der Waals surface area contributed by atoms with Gasteiger partial charge >= 0.3 is 11.9 Å². The Kier molecular flexibility index (Phi) is 3.89. The van der Waals surface area contributed by atoms with Gasteiger partial charge in [0, 0.05) is 5.56 Å². The predicted molar refractivity (Wildman–Crippen MR) is 79.7 cm³/mol. The summed E-state index contributed by atoms with van der Waals surface area (Å²) < 4.78 is 0. The monoisotopic (exact) mass is 282 g/mol. The van der Waals surface area contributed by atoms with E-state index in [9.17, 15) is 19.8 Å². The number of carboxylic acid groups (broad SMARTS) is 2. The third kappa shape index (κ3) is 2.69. The number of hydrogen-bond acceptors (Lipinski definition) is 2. The first-order valence-electron chi connectivity index (χ1n) is 6.28. The summed E-state index contributed by atoms with van der Waals surface area (Å²) in [4.78, 5) is 22.9. The first kappa shape index (κ1) is 14.5. The molecule has 0 aliphatic heterocycles. The van der Waals surface area contributed by atoms with Crippen molar-refractivity contribution in [2.45, 2.75) is 6.92 Å². The lowest BCUT2D eigenvalue weighted by atomic mass is 9.88.